The van der Waals surface area contributed by atoms with Crippen LogP contribution in [-0.2, 0) is 11.2 Å². The predicted molar refractivity (Wildman–Crippen MR) is 81.0 cm³/mol. The highest BCUT2D eigenvalue weighted by atomic mass is 79.9. The van der Waals surface area contributed by atoms with Gasteiger partial charge in [-0.15, -0.1) is 0 Å². The normalized spacial score (nSPS) is 12.9. The lowest BCUT2D eigenvalue weighted by atomic mass is 10.1. The van der Waals surface area contributed by atoms with Crippen LogP contribution in [0.15, 0.2) is 24.3 Å². The van der Waals surface area contributed by atoms with Gasteiger partial charge in [-0.3, -0.25) is 0 Å². The minimum Gasteiger partial charge on any atom is -0.444 e. The monoisotopic (exact) mass is 325 g/mol. The number of carbonyl (C=O) groups is 1. The Morgan fingerprint density at radius 3 is 2.47 bits per heavy atom. The Kier molecular flexibility index (Phi) is 5.85. The van der Waals surface area contributed by atoms with Crippen molar-refractivity contribution >= 4 is 22.0 Å². The summed E-state index contributed by atoms with van der Waals surface area (Å²) in [5, 5.41) is 4.58. The summed E-state index contributed by atoms with van der Waals surface area (Å²) in [6.45, 7) is 9.36. The van der Waals surface area contributed by atoms with Gasteiger partial charge in [0.15, 0.2) is 0 Å². The van der Waals surface area contributed by atoms with E-state index in [0.29, 0.717) is 6.42 Å². The highest BCUT2D eigenvalue weighted by molar-refractivity contribution is 9.10. The van der Waals surface area contributed by atoms with Crippen molar-refractivity contribution in [3.05, 3.63) is 47.6 Å². The molecule has 1 amide bonds. The quantitative estimate of drug-likeness (QED) is 0.912. The Morgan fingerprint density at radius 1 is 1.42 bits per heavy atom. The highest BCUT2D eigenvalue weighted by Gasteiger charge is 2.19. The average Bonchev–Trinajstić information content (AvgIpc) is 2.28. The average molecular weight is 326 g/mol. The number of nitrogens with one attached hydrogen (secondary N) is 1. The fourth-order valence-corrected chi connectivity index (χ4v) is 1.83. The molecule has 0 aromatic heterocycles. The molecule has 104 valence electrons. The SMILES string of the molecule is [CH2]c1ccc(C[C@@H]([CH]Br)NC(=O)OC(C)(C)C)cc1. The van der Waals surface area contributed by atoms with Crippen molar-refractivity contribution in [3.63, 3.8) is 0 Å². The molecule has 1 N–H and O–H groups in total. The molecule has 0 saturated carbocycles. The lowest BCUT2D eigenvalue weighted by Crippen LogP contribution is -2.39. The summed E-state index contributed by atoms with van der Waals surface area (Å²) >= 11 is 3.29. The maximum Gasteiger partial charge on any atom is 0.407 e. The largest absolute Gasteiger partial charge is 0.444 e. The van der Waals surface area contributed by atoms with Crippen molar-refractivity contribution in [2.45, 2.75) is 38.8 Å². The summed E-state index contributed by atoms with van der Waals surface area (Å²) in [5.41, 5.74) is 1.61. The standard InChI is InChI=1S/C15H20BrNO2/c1-11-5-7-12(8-6-11)9-13(10-16)17-14(18)19-15(2,3)4/h5-8,10,13H,1,9H2,2-4H3,(H,17,18)/t13-/m0/s1. The van der Waals surface area contributed by atoms with Crippen LogP contribution in [0, 0.1) is 12.3 Å². The smallest absolute Gasteiger partial charge is 0.407 e. The number of hydrogen-bond acceptors (Lipinski definition) is 2. The van der Waals surface area contributed by atoms with Crippen molar-refractivity contribution in [1.29, 1.82) is 0 Å². The number of carbonyl (C=O) groups excluding carboxylic acids is 1. The van der Waals surface area contributed by atoms with Crippen LogP contribution >= 0.6 is 15.9 Å². The number of amides is 1. The molecular formula is C15H20BrNO2. The van der Waals surface area contributed by atoms with E-state index >= 15 is 0 Å². The Bertz CT molecular complexity index is 409. The number of ether oxygens (including phenoxy) is 1. The molecule has 0 aliphatic heterocycles. The van der Waals surface area contributed by atoms with Gasteiger partial charge >= 0.3 is 6.09 Å². The van der Waals surface area contributed by atoms with E-state index in [1.807, 2.05) is 45.0 Å². The van der Waals surface area contributed by atoms with Crippen molar-refractivity contribution in [2.75, 3.05) is 0 Å². The maximum absolute atomic E-state index is 11.7. The number of benzene rings is 1. The van der Waals surface area contributed by atoms with Crippen LogP contribution < -0.4 is 5.32 Å². The number of hydrogen-bond donors (Lipinski definition) is 1. The molecule has 1 aromatic carbocycles. The molecule has 2 radical (unpaired) electrons. The summed E-state index contributed by atoms with van der Waals surface area (Å²) in [6, 6.07) is 7.79. The topological polar surface area (TPSA) is 38.3 Å². The second-order valence-corrected chi connectivity index (χ2v) is 5.93. The zero-order valence-corrected chi connectivity index (χ0v) is 13.2. The Hall–Kier alpha value is -1.03. The Morgan fingerprint density at radius 2 is 2.00 bits per heavy atom. The number of halogens is 1. The molecule has 0 heterocycles. The van der Waals surface area contributed by atoms with Crippen LogP contribution in [0.5, 0.6) is 0 Å². The van der Waals surface area contributed by atoms with Crippen LogP contribution in [0.2, 0.25) is 0 Å². The van der Waals surface area contributed by atoms with Crippen molar-refractivity contribution in [3.8, 4) is 0 Å². The fourth-order valence-electron chi connectivity index (χ4n) is 1.52. The number of alkyl carbamates (subject to hydrolysis) is 1. The molecule has 0 fully saturated rings. The maximum atomic E-state index is 11.7. The van der Waals surface area contributed by atoms with E-state index in [2.05, 4.69) is 28.2 Å². The van der Waals surface area contributed by atoms with Gasteiger partial charge in [0.2, 0.25) is 0 Å². The van der Waals surface area contributed by atoms with E-state index in [9.17, 15) is 4.79 Å². The molecule has 1 rings (SSSR count). The minimum atomic E-state index is -0.490. The third-order valence-electron chi connectivity index (χ3n) is 2.33. The van der Waals surface area contributed by atoms with E-state index < -0.39 is 11.7 Å². The van der Waals surface area contributed by atoms with Gasteiger partial charge in [-0.2, -0.15) is 0 Å². The first-order valence-corrected chi connectivity index (χ1v) is 7.05. The zero-order chi connectivity index (χ0) is 14.5. The zero-order valence-electron chi connectivity index (χ0n) is 11.6. The van der Waals surface area contributed by atoms with Gasteiger partial charge in [-0.05, 0) is 45.2 Å². The molecule has 1 aromatic rings. The van der Waals surface area contributed by atoms with E-state index in [4.69, 9.17) is 4.74 Å². The molecule has 0 saturated heterocycles. The van der Waals surface area contributed by atoms with Crippen LogP contribution in [-0.4, -0.2) is 17.7 Å². The minimum absolute atomic E-state index is 0.120. The Balaban J connectivity index is 2.54. The molecule has 0 aliphatic carbocycles. The van der Waals surface area contributed by atoms with Crippen LogP contribution in [0.25, 0.3) is 0 Å². The molecule has 3 nitrogen and oxygen atoms in total. The lowest BCUT2D eigenvalue weighted by Gasteiger charge is -2.22. The highest BCUT2D eigenvalue weighted by Crippen LogP contribution is 2.12. The third-order valence-corrected chi connectivity index (χ3v) is 2.97. The van der Waals surface area contributed by atoms with Gasteiger partial charge in [0.05, 0.1) is 0 Å². The van der Waals surface area contributed by atoms with Crippen LogP contribution in [0.3, 0.4) is 0 Å². The van der Waals surface area contributed by atoms with Crippen molar-refractivity contribution < 1.29 is 9.53 Å². The predicted octanol–water partition coefficient (Wildman–Crippen LogP) is 3.86. The van der Waals surface area contributed by atoms with E-state index in [1.165, 1.54) is 0 Å². The molecule has 0 bridgehead atoms. The lowest BCUT2D eigenvalue weighted by molar-refractivity contribution is 0.0513. The van der Waals surface area contributed by atoms with Gasteiger partial charge in [0.1, 0.15) is 5.60 Å². The summed E-state index contributed by atoms with van der Waals surface area (Å²) in [4.78, 5) is 11.7. The van der Waals surface area contributed by atoms with E-state index in [1.54, 1.807) is 5.33 Å². The first kappa shape index (κ1) is 16.0. The van der Waals surface area contributed by atoms with E-state index in [0.717, 1.165) is 11.1 Å². The van der Waals surface area contributed by atoms with Gasteiger partial charge in [-0.25, -0.2) is 4.79 Å². The third kappa shape index (κ3) is 6.62. The molecular weight excluding hydrogens is 306 g/mol. The number of rotatable bonds is 4. The van der Waals surface area contributed by atoms with Crippen molar-refractivity contribution in [1.82, 2.24) is 5.32 Å². The second kappa shape index (κ2) is 6.94. The molecule has 0 unspecified atom stereocenters. The first-order chi connectivity index (χ1) is 8.80. The summed E-state index contributed by atoms with van der Waals surface area (Å²) in [7, 11) is 0. The summed E-state index contributed by atoms with van der Waals surface area (Å²) in [6.07, 6.45) is 0.284. The summed E-state index contributed by atoms with van der Waals surface area (Å²) in [5.74, 6) is 0. The van der Waals surface area contributed by atoms with Crippen molar-refractivity contribution in [2.24, 2.45) is 0 Å². The Labute approximate surface area is 123 Å². The molecule has 19 heavy (non-hydrogen) atoms. The van der Waals surface area contributed by atoms with E-state index in [-0.39, 0.29) is 6.04 Å². The molecule has 1 atom stereocenters. The van der Waals surface area contributed by atoms with Crippen LogP contribution in [0.1, 0.15) is 31.9 Å². The molecule has 4 heteroatoms. The molecule has 0 aliphatic rings. The van der Waals surface area contributed by atoms with Crippen LogP contribution in [0.4, 0.5) is 4.79 Å². The fraction of sp³-hybridized carbons (Fsp3) is 0.400. The van der Waals surface area contributed by atoms with Gasteiger partial charge in [-0.1, -0.05) is 40.2 Å². The first-order valence-electron chi connectivity index (χ1n) is 6.14. The van der Waals surface area contributed by atoms with Gasteiger partial charge < -0.3 is 10.1 Å². The summed E-state index contributed by atoms with van der Waals surface area (Å²) < 4.78 is 5.23. The van der Waals surface area contributed by atoms with Gasteiger partial charge in [0.25, 0.3) is 0 Å². The molecule has 0 spiro atoms. The van der Waals surface area contributed by atoms with Gasteiger partial charge in [0, 0.05) is 11.4 Å². The second-order valence-electron chi connectivity index (χ2n) is 5.40.